The summed E-state index contributed by atoms with van der Waals surface area (Å²) in [7, 11) is 0. The lowest BCUT2D eigenvalue weighted by Gasteiger charge is -2.07. The predicted octanol–water partition coefficient (Wildman–Crippen LogP) is 3.86. The average Bonchev–Trinajstić information content (AvgIpc) is 3.01. The van der Waals surface area contributed by atoms with E-state index in [1.807, 2.05) is 37.3 Å². The fraction of sp³-hybridized carbons (Fsp3) is 0.250. The average molecular weight is 321 g/mol. The Morgan fingerprint density at radius 2 is 1.79 bits per heavy atom. The molecule has 0 aliphatic heterocycles. The van der Waals surface area contributed by atoms with E-state index in [1.165, 1.54) is 5.56 Å². The van der Waals surface area contributed by atoms with Crippen molar-refractivity contribution in [3.05, 3.63) is 71.4 Å². The summed E-state index contributed by atoms with van der Waals surface area (Å²) in [6.07, 6.45) is 2.04. The third kappa shape index (κ3) is 3.84. The molecule has 3 aromatic rings. The summed E-state index contributed by atoms with van der Waals surface area (Å²) in [4.78, 5) is 0. The SMILES string of the molecule is Cc1c(-c2ccc(OCCCc3ccccc3)cc2)n[nH]c1CN. The van der Waals surface area contributed by atoms with E-state index in [9.17, 15) is 0 Å². The van der Waals surface area contributed by atoms with Crippen LogP contribution in [-0.2, 0) is 13.0 Å². The normalized spacial score (nSPS) is 10.8. The topological polar surface area (TPSA) is 63.9 Å². The number of hydrogen-bond acceptors (Lipinski definition) is 3. The highest BCUT2D eigenvalue weighted by Gasteiger charge is 2.09. The molecule has 4 nitrogen and oxygen atoms in total. The predicted molar refractivity (Wildman–Crippen MR) is 96.9 cm³/mol. The molecular formula is C20H23N3O. The maximum atomic E-state index is 5.83. The van der Waals surface area contributed by atoms with Crippen LogP contribution in [0.25, 0.3) is 11.3 Å². The zero-order valence-electron chi connectivity index (χ0n) is 14.0. The lowest BCUT2D eigenvalue weighted by Crippen LogP contribution is -1.99. The molecule has 124 valence electrons. The number of nitrogens with two attached hydrogens (primary N) is 1. The number of aromatic amines is 1. The van der Waals surface area contributed by atoms with E-state index in [2.05, 4.69) is 34.5 Å². The van der Waals surface area contributed by atoms with Crippen molar-refractivity contribution in [1.82, 2.24) is 10.2 Å². The highest BCUT2D eigenvalue weighted by molar-refractivity contribution is 5.64. The number of aryl methyl sites for hydroxylation is 1. The second kappa shape index (κ2) is 7.79. The fourth-order valence-corrected chi connectivity index (χ4v) is 2.73. The van der Waals surface area contributed by atoms with Gasteiger partial charge in [-0.2, -0.15) is 5.10 Å². The fourth-order valence-electron chi connectivity index (χ4n) is 2.73. The molecule has 0 atom stereocenters. The smallest absolute Gasteiger partial charge is 0.119 e. The third-order valence-electron chi connectivity index (χ3n) is 4.16. The van der Waals surface area contributed by atoms with Gasteiger partial charge in [-0.25, -0.2) is 0 Å². The first-order valence-electron chi connectivity index (χ1n) is 8.29. The number of hydrogen-bond donors (Lipinski definition) is 2. The first-order chi connectivity index (χ1) is 11.8. The molecule has 3 N–H and O–H groups in total. The monoisotopic (exact) mass is 321 g/mol. The molecule has 0 fully saturated rings. The van der Waals surface area contributed by atoms with Crippen LogP contribution < -0.4 is 10.5 Å². The van der Waals surface area contributed by atoms with Gasteiger partial charge in [-0.15, -0.1) is 0 Å². The van der Waals surface area contributed by atoms with Gasteiger partial charge in [0, 0.05) is 12.1 Å². The minimum Gasteiger partial charge on any atom is -0.494 e. The summed E-state index contributed by atoms with van der Waals surface area (Å²) < 4.78 is 5.83. The quantitative estimate of drug-likeness (QED) is 0.650. The molecule has 0 aliphatic rings. The standard InChI is InChI=1S/C20H23N3O/c1-15-19(14-21)22-23-20(15)17-9-11-18(12-10-17)24-13-5-8-16-6-3-2-4-7-16/h2-4,6-7,9-12H,5,8,13-14,21H2,1H3,(H,22,23). The molecule has 0 aliphatic carbocycles. The van der Waals surface area contributed by atoms with Gasteiger partial charge in [0.15, 0.2) is 0 Å². The molecule has 2 aromatic carbocycles. The van der Waals surface area contributed by atoms with E-state index in [-0.39, 0.29) is 0 Å². The molecular weight excluding hydrogens is 298 g/mol. The molecule has 0 saturated carbocycles. The minimum atomic E-state index is 0.474. The summed E-state index contributed by atoms with van der Waals surface area (Å²) in [5.74, 6) is 0.888. The molecule has 1 heterocycles. The van der Waals surface area contributed by atoms with Crippen LogP contribution in [0.4, 0.5) is 0 Å². The van der Waals surface area contributed by atoms with Crippen LogP contribution in [0.2, 0.25) is 0 Å². The van der Waals surface area contributed by atoms with E-state index in [4.69, 9.17) is 10.5 Å². The van der Waals surface area contributed by atoms with Crippen LogP contribution in [0.15, 0.2) is 54.6 Å². The second-order valence-electron chi connectivity index (χ2n) is 5.84. The summed E-state index contributed by atoms with van der Waals surface area (Å²) in [6.45, 7) is 3.23. The molecule has 3 rings (SSSR count). The lowest BCUT2D eigenvalue weighted by molar-refractivity contribution is 0.311. The molecule has 0 spiro atoms. The Morgan fingerprint density at radius 3 is 2.46 bits per heavy atom. The summed E-state index contributed by atoms with van der Waals surface area (Å²) in [5.41, 5.74) is 11.1. The lowest BCUT2D eigenvalue weighted by atomic mass is 10.1. The van der Waals surface area contributed by atoms with Crippen molar-refractivity contribution in [1.29, 1.82) is 0 Å². The molecule has 0 radical (unpaired) electrons. The van der Waals surface area contributed by atoms with Crippen LogP contribution in [0, 0.1) is 6.92 Å². The van der Waals surface area contributed by atoms with Gasteiger partial charge >= 0.3 is 0 Å². The van der Waals surface area contributed by atoms with Gasteiger partial charge in [0.25, 0.3) is 0 Å². The number of nitrogens with one attached hydrogen (secondary N) is 1. The number of aromatic nitrogens is 2. The van der Waals surface area contributed by atoms with Gasteiger partial charge in [0.05, 0.1) is 18.0 Å². The van der Waals surface area contributed by atoms with E-state index < -0.39 is 0 Å². The van der Waals surface area contributed by atoms with Gasteiger partial charge in [0.1, 0.15) is 5.75 Å². The van der Waals surface area contributed by atoms with Crippen LogP contribution >= 0.6 is 0 Å². The van der Waals surface area contributed by atoms with E-state index in [0.717, 1.165) is 41.1 Å². The highest BCUT2D eigenvalue weighted by Crippen LogP contribution is 2.25. The van der Waals surface area contributed by atoms with Gasteiger partial charge in [-0.05, 0) is 55.2 Å². The highest BCUT2D eigenvalue weighted by atomic mass is 16.5. The van der Waals surface area contributed by atoms with Crippen molar-refractivity contribution in [3.63, 3.8) is 0 Å². The Hall–Kier alpha value is -2.59. The molecule has 0 unspecified atom stereocenters. The maximum absolute atomic E-state index is 5.83. The summed E-state index contributed by atoms with van der Waals surface area (Å²) >= 11 is 0. The van der Waals surface area contributed by atoms with Gasteiger partial charge < -0.3 is 10.5 Å². The molecule has 4 heteroatoms. The van der Waals surface area contributed by atoms with Crippen molar-refractivity contribution in [2.75, 3.05) is 6.61 Å². The zero-order valence-corrected chi connectivity index (χ0v) is 14.0. The number of nitrogens with zero attached hydrogens (tertiary/aromatic N) is 1. The van der Waals surface area contributed by atoms with Crippen LogP contribution in [0.5, 0.6) is 5.75 Å². The molecule has 0 amide bonds. The Kier molecular flexibility index (Phi) is 5.29. The molecule has 0 bridgehead atoms. The largest absolute Gasteiger partial charge is 0.494 e. The Labute approximate surface area is 142 Å². The maximum Gasteiger partial charge on any atom is 0.119 e. The second-order valence-corrected chi connectivity index (χ2v) is 5.84. The molecule has 0 saturated heterocycles. The summed E-state index contributed by atoms with van der Waals surface area (Å²) in [6, 6.07) is 18.5. The van der Waals surface area contributed by atoms with Crippen molar-refractivity contribution in [2.24, 2.45) is 5.73 Å². The minimum absolute atomic E-state index is 0.474. The van der Waals surface area contributed by atoms with Crippen LogP contribution in [0.3, 0.4) is 0 Å². The van der Waals surface area contributed by atoms with E-state index in [1.54, 1.807) is 0 Å². The number of benzene rings is 2. The van der Waals surface area contributed by atoms with Crippen molar-refractivity contribution in [3.8, 4) is 17.0 Å². The Balaban J connectivity index is 1.54. The number of ether oxygens (including phenoxy) is 1. The van der Waals surface area contributed by atoms with Crippen molar-refractivity contribution >= 4 is 0 Å². The first-order valence-corrected chi connectivity index (χ1v) is 8.29. The van der Waals surface area contributed by atoms with E-state index >= 15 is 0 Å². The van der Waals surface area contributed by atoms with Crippen LogP contribution in [-0.4, -0.2) is 16.8 Å². The number of rotatable bonds is 7. The Morgan fingerprint density at radius 1 is 1.04 bits per heavy atom. The summed E-state index contributed by atoms with van der Waals surface area (Å²) in [5, 5.41) is 7.34. The van der Waals surface area contributed by atoms with Crippen LogP contribution in [0.1, 0.15) is 23.2 Å². The van der Waals surface area contributed by atoms with Gasteiger partial charge in [-0.1, -0.05) is 30.3 Å². The first kappa shape index (κ1) is 16.3. The Bertz CT molecular complexity index is 763. The van der Waals surface area contributed by atoms with Gasteiger partial charge in [-0.3, -0.25) is 5.10 Å². The van der Waals surface area contributed by atoms with Gasteiger partial charge in [0.2, 0.25) is 0 Å². The molecule has 1 aromatic heterocycles. The number of H-pyrrole nitrogens is 1. The van der Waals surface area contributed by atoms with Crippen molar-refractivity contribution in [2.45, 2.75) is 26.3 Å². The third-order valence-corrected chi connectivity index (χ3v) is 4.16. The van der Waals surface area contributed by atoms with Crippen molar-refractivity contribution < 1.29 is 4.74 Å². The molecule has 24 heavy (non-hydrogen) atoms. The zero-order chi connectivity index (χ0) is 16.8. The van der Waals surface area contributed by atoms with E-state index in [0.29, 0.717) is 13.2 Å².